The van der Waals surface area contributed by atoms with E-state index in [2.05, 4.69) is 10.1 Å². The van der Waals surface area contributed by atoms with Crippen molar-refractivity contribution in [1.29, 1.82) is 0 Å². The number of nitrogen functional groups attached to an aromatic ring is 1. The standard InChI is InChI=1S/C16H17F2N5O3/c17-13(18)10-5-9(7-20-14(10)19)11-6-12-16(26-4-3-23(12)21-11)1-2-22(8-16)15(24)25/h5-7,13H,1-4,8H2,(H2,19,20)(H,24,25). The molecule has 0 bridgehead atoms. The van der Waals surface area contributed by atoms with Crippen molar-refractivity contribution in [3.63, 3.8) is 0 Å². The molecule has 0 saturated carbocycles. The number of ether oxygens (including phenoxy) is 1. The number of carboxylic acid groups (broad SMARTS) is 1. The lowest BCUT2D eigenvalue weighted by molar-refractivity contribution is -0.0709. The van der Waals surface area contributed by atoms with Crippen LogP contribution in [0.25, 0.3) is 11.3 Å². The fraction of sp³-hybridized carbons (Fsp3) is 0.438. The van der Waals surface area contributed by atoms with Crippen LogP contribution < -0.4 is 5.73 Å². The summed E-state index contributed by atoms with van der Waals surface area (Å²) in [5.41, 5.74) is 6.07. The molecule has 10 heteroatoms. The third-order valence-electron chi connectivity index (χ3n) is 4.91. The molecule has 3 N–H and O–H groups in total. The van der Waals surface area contributed by atoms with Gasteiger partial charge in [-0.15, -0.1) is 0 Å². The lowest BCUT2D eigenvalue weighted by Gasteiger charge is -2.33. The van der Waals surface area contributed by atoms with Gasteiger partial charge in [0.25, 0.3) is 6.43 Å². The minimum atomic E-state index is -2.73. The van der Waals surface area contributed by atoms with Crippen molar-refractivity contribution >= 4 is 11.9 Å². The highest BCUT2D eigenvalue weighted by atomic mass is 19.3. The summed E-state index contributed by atoms with van der Waals surface area (Å²) in [6.45, 7) is 1.50. The Morgan fingerprint density at radius 1 is 1.38 bits per heavy atom. The summed E-state index contributed by atoms with van der Waals surface area (Å²) in [4.78, 5) is 16.4. The molecule has 2 aliphatic rings. The second-order valence-electron chi connectivity index (χ2n) is 6.43. The van der Waals surface area contributed by atoms with E-state index in [4.69, 9.17) is 10.5 Å². The summed E-state index contributed by atoms with van der Waals surface area (Å²) in [6, 6.07) is 3.04. The van der Waals surface area contributed by atoms with Gasteiger partial charge in [-0.25, -0.2) is 18.6 Å². The monoisotopic (exact) mass is 365 g/mol. The number of nitrogens with two attached hydrogens (primary N) is 1. The van der Waals surface area contributed by atoms with Gasteiger partial charge < -0.3 is 20.5 Å². The number of alkyl halides is 2. The van der Waals surface area contributed by atoms with Crippen LogP contribution in [-0.4, -0.2) is 50.6 Å². The number of amides is 1. The molecule has 26 heavy (non-hydrogen) atoms. The number of aromatic nitrogens is 3. The molecule has 4 rings (SSSR count). The van der Waals surface area contributed by atoms with E-state index in [0.717, 1.165) is 5.69 Å². The van der Waals surface area contributed by atoms with Crippen LogP contribution in [0.5, 0.6) is 0 Å². The zero-order valence-corrected chi connectivity index (χ0v) is 13.7. The number of halogens is 2. The maximum atomic E-state index is 13.1. The van der Waals surface area contributed by atoms with Crippen molar-refractivity contribution in [3.05, 3.63) is 29.6 Å². The van der Waals surface area contributed by atoms with Gasteiger partial charge in [-0.3, -0.25) is 4.68 Å². The number of likely N-dealkylation sites (tertiary alicyclic amines) is 1. The van der Waals surface area contributed by atoms with Crippen LogP contribution in [0.3, 0.4) is 0 Å². The first-order valence-electron chi connectivity index (χ1n) is 8.14. The Kier molecular flexibility index (Phi) is 3.79. The molecule has 138 valence electrons. The molecule has 1 saturated heterocycles. The number of pyridine rings is 1. The minimum absolute atomic E-state index is 0.208. The van der Waals surface area contributed by atoms with Crippen molar-refractivity contribution in [1.82, 2.24) is 19.7 Å². The first-order valence-corrected chi connectivity index (χ1v) is 8.14. The Bertz CT molecular complexity index is 872. The molecule has 0 aromatic carbocycles. The SMILES string of the molecule is Nc1ncc(-c2cc3n(n2)CCOC32CCN(C(=O)O)C2)cc1C(F)F. The predicted octanol–water partition coefficient (Wildman–Crippen LogP) is 2.07. The predicted molar refractivity (Wildman–Crippen MR) is 86.7 cm³/mol. The van der Waals surface area contributed by atoms with Crippen molar-refractivity contribution in [2.75, 3.05) is 25.4 Å². The van der Waals surface area contributed by atoms with Gasteiger partial charge in [-0.1, -0.05) is 0 Å². The van der Waals surface area contributed by atoms with Crippen LogP contribution in [0.2, 0.25) is 0 Å². The molecule has 4 heterocycles. The number of fused-ring (bicyclic) bond motifs is 2. The highest BCUT2D eigenvalue weighted by molar-refractivity contribution is 5.66. The van der Waals surface area contributed by atoms with Crippen LogP contribution in [-0.2, 0) is 16.9 Å². The summed E-state index contributed by atoms with van der Waals surface area (Å²) < 4.78 is 33.9. The van der Waals surface area contributed by atoms with Gasteiger partial charge in [0.1, 0.15) is 11.4 Å². The van der Waals surface area contributed by atoms with Gasteiger partial charge in [-0.05, 0) is 12.1 Å². The van der Waals surface area contributed by atoms with Gasteiger partial charge >= 0.3 is 6.09 Å². The quantitative estimate of drug-likeness (QED) is 0.844. The number of carbonyl (C=O) groups is 1. The Morgan fingerprint density at radius 3 is 2.88 bits per heavy atom. The Hall–Kier alpha value is -2.75. The molecule has 1 amide bonds. The smallest absolute Gasteiger partial charge is 0.407 e. The molecule has 1 atom stereocenters. The molecular formula is C16H17F2N5O3. The van der Waals surface area contributed by atoms with E-state index in [9.17, 15) is 18.7 Å². The van der Waals surface area contributed by atoms with Crippen molar-refractivity contribution < 1.29 is 23.4 Å². The summed E-state index contributed by atoms with van der Waals surface area (Å²) in [6.07, 6.45) is -1.80. The average Bonchev–Trinajstić information content (AvgIpc) is 3.21. The van der Waals surface area contributed by atoms with Crippen LogP contribution >= 0.6 is 0 Å². The highest BCUT2D eigenvalue weighted by Gasteiger charge is 2.46. The third kappa shape index (κ3) is 2.57. The largest absolute Gasteiger partial charge is 0.465 e. The normalized spacial score (nSPS) is 22.2. The lowest BCUT2D eigenvalue weighted by atomic mass is 9.96. The van der Waals surface area contributed by atoms with E-state index in [1.807, 2.05) is 0 Å². The lowest BCUT2D eigenvalue weighted by Crippen LogP contribution is -2.41. The molecule has 1 spiro atoms. The zero-order chi connectivity index (χ0) is 18.5. The zero-order valence-electron chi connectivity index (χ0n) is 13.7. The third-order valence-corrected chi connectivity index (χ3v) is 4.91. The maximum absolute atomic E-state index is 13.1. The summed E-state index contributed by atoms with van der Waals surface area (Å²) in [7, 11) is 0. The molecule has 2 aromatic rings. The van der Waals surface area contributed by atoms with Crippen LogP contribution in [0.4, 0.5) is 19.4 Å². The van der Waals surface area contributed by atoms with Gasteiger partial charge in [0.05, 0.1) is 36.6 Å². The number of hydrogen-bond acceptors (Lipinski definition) is 5. The number of rotatable bonds is 2. The molecule has 0 radical (unpaired) electrons. The van der Waals surface area contributed by atoms with E-state index in [-0.39, 0.29) is 17.9 Å². The van der Waals surface area contributed by atoms with Crippen LogP contribution in [0.15, 0.2) is 18.3 Å². The van der Waals surface area contributed by atoms with Gasteiger partial charge in [0.2, 0.25) is 0 Å². The van der Waals surface area contributed by atoms with Crippen molar-refractivity contribution in [2.45, 2.75) is 25.0 Å². The van der Waals surface area contributed by atoms with Crippen LogP contribution in [0.1, 0.15) is 24.1 Å². The fourth-order valence-electron chi connectivity index (χ4n) is 3.58. The fourth-order valence-corrected chi connectivity index (χ4v) is 3.58. The first kappa shape index (κ1) is 16.7. The summed E-state index contributed by atoms with van der Waals surface area (Å²) in [5, 5.41) is 13.7. The Balaban J connectivity index is 1.73. The molecule has 1 unspecified atom stereocenters. The van der Waals surface area contributed by atoms with Crippen molar-refractivity contribution in [3.8, 4) is 11.3 Å². The summed E-state index contributed by atoms with van der Waals surface area (Å²) >= 11 is 0. The van der Waals surface area contributed by atoms with E-state index in [0.29, 0.717) is 37.4 Å². The topological polar surface area (TPSA) is 106 Å². The van der Waals surface area contributed by atoms with E-state index < -0.39 is 18.1 Å². The highest BCUT2D eigenvalue weighted by Crippen LogP contribution is 2.40. The van der Waals surface area contributed by atoms with Crippen molar-refractivity contribution in [2.24, 2.45) is 0 Å². The van der Waals surface area contributed by atoms with Gasteiger partial charge in [0.15, 0.2) is 0 Å². The Labute approximate surface area is 147 Å². The van der Waals surface area contributed by atoms with Crippen LogP contribution in [0, 0.1) is 0 Å². The molecule has 0 aliphatic carbocycles. The van der Waals surface area contributed by atoms with Gasteiger partial charge in [0, 0.05) is 24.7 Å². The minimum Gasteiger partial charge on any atom is -0.465 e. The molecule has 2 aliphatic heterocycles. The number of anilines is 1. The molecule has 8 nitrogen and oxygen atoms in total. The van der Waals surface area contributed by atoms with E-state index in [1.165, 1.54) is 17.2 Å². The molecular weight excluding hydrogens is 348 g/mol. The molecule has 1 fully saturated rings. The maximum Gasteiger partial charge on any atom is 0.407 e. The second-order valence-corrected chi connectivity index (χ2v) is 6.43. The van der Waals surface area contributed by atoms with E-state index in [1.54, 1.807) is 10.7 Å². The molecule has 2 aromatic heterocycles. The number of hydrogen-bond donors (Lipinski definition) is 2. The summed E-state index contributed by atoms with van der Waals surface area (Å²) in [5.74, 6) is -0.208. The van der Waals surface area contributed by atoms with Gasteiger partial charge in [-0.2, -0.15) is 5.10 Å². The van der Waals surface area contributed by atoms with E-state index >= 15 is 0 Å². The second kappa shape index (κ2) is 5.90. The first-order chi connectivity index (χ1) is 12.4. The average molecular weight is 365 g/mol. The Morgan fingerprint density at radius 2 is 2.19 bits per heavy atom. The number of nitrogens with zero attached hydrogens (tertiary/aromatic N) is 4.